The number of phenolic OH excluding ortho intramolecular Hbond substituents is 1. The summed E-state index contributed by atoms with van der Waals surface area (Å²) in [4.78, 5) is 48.8. The number of nitrogens with one attached hydrogen (secondary N) is 3. The van der Waals surface area contributed by atoms with Gasteiger partial charge in [0.25, 0.3) is 0 Å². The number of hydrogen-bond acceptors (Lipinski definition) is 8. The summed E-state index contributed by atoms with van der Waals surface area (Å²) in [5, 5.41) is 17.0. The van der Waals surface area contributed by atoms with Crippen LogP contribution in [0.2, 0.25) is 0 Å². The summed E-state index contributed by atoms with van der Waals surface area (Å²) in [6.07, 6.45) is -5.69. The summed E-state index contributed by atoms with van der Waals surface area (Å²) >= 11 is 1.13. The molecule has 1 heterocycles. The van der Waals surface area contributed by atoms with E-state index in [1.165, 1.54) is 18.4 Å². The molecule has 1 aliphatic rings. The van der Waals surface area contributed by atoms with Crippen molar-refractivity contribution in [3.63, 3.8) is 0 Å². The van der Waals surface area contributed by atoms with E-state index in [0.717, 1.165) is 60.5 Å². The number of aromatic amines is 1. The minimum atomic E-state index is -5.77. The van der Waals surface area contributed by atoms with Crippen molar-refractivity contribution in [3.05, 3.63) is 63.3 Å². The van der Waals surface area contributed by atoms with Gasteiger partial charge in [0.05, 0.1) is 4.70 Å². The minimum absolute atomic E-state index is 0.0127. The average molecular weight is 719 g/mol. The molecule has 4 N–H and O–H groups in total. The van der Waals surface area contributed by atoms with Crippen molar-refractivity contribution < 1.29 is 45.8 Å². The molecule has 1 amide bonds. The first kappa shape index (κ1) is 39.7. The molecule has 9 nitrogen and oxygen atoms in total. The molecule has 2 aromatic carbocycles. The number of carbonyl (C=O) groups is 3. The van der Waals surface area contributed by atoms with Crippen LogP contribution in [0.15, 0.2) is 47.3 Å². The topological polar surface area (TPSA) is 132 Å². The molecule has 1 aromatic heterocycles. The van der Waals surface area contributed by atoms with Gasteiger partial charge in [-0.3, -0.25) is 19.2 Å². The Morgan fingerprint density at radius 2 is 1.51 bits per heavy atom. The Morgan fingerprint density at radius 3 is 2.10 bits per heavy atom. The second-order valence-electron chi connectivity index (χ2n) is 12.3. The number of thiazole rings is 1. The summed E-state index contributed by atoms with van der Waals surface area (Å²) in [7, 11) is 0. The highest BCUT2D eigenvalue weighted by Gasteiger charge is 2.54. The molecule has 0 unspecified atom stereocenters. The number of alkyl halides is 6. The van der Waals surface area contributed by atoms with E-state index in [0.29, 0.717) is 31.1 Å². The fourth-order valence-electron chi connectivity index (χ4n) is 5.53. The van der Waals surface area contributed by atoms with Crippen molar-refractivity contribution in [2.24, 2.45) is 0 Å². The van der Waals surface area contributed by atoms with Gasteiger partial charge in [0.15, 0.2) is 0 Å². The first-order valence-electron chi connectivity index (χ1n) is 15.7. The van der Waals surface area contributed by atoms with E-state index in [4.69, 9.17) is 0 Å². The van der Waals surface area contributed by atoms with Crippen LogP contribution in [0, 0.1) is 0 Å². The van der Waals surface area contributed by atoms with Crippen molar-refractivity contribution in [1.29, 1.82) is 0 Å². The standard InChI is InChI=1S/C29H40N4O3S.C4F6O2/c1-29(2,22-8-4-3-5-9-22)20-31-17-15-25(35)33(23-10-6-7-11-23)19-18-30-16-14-21-12-13-24(34)26-27(21)37-28(36)32-26;5-3(6,7)1(11)2(12)4(8,9)10/h3-5,8-9,12-13,23,30-31,34H,6-7,10-11,14-20H2,1-2H3,(H,32,36);. The zero-order valence-electron chi connectivity index (χ0n) is 27.1. The van der Waals surface area contributed by atoms with E-state index in [9.17, 15) is 50.6 Å². The Bertz CT molecular complexity index is 1590. The van der Waals surface area contributed by atoms with Crippen LogP contribution in [0.4, 0.5) is 26.3 Å². The van der Waals surface area contributed by atoms with Gasteiger partial charge >= 0.3 is 28.8 Å². The smallest absolute Gasteiger partial charge is 0.458 e. The van der Waals surface area contributed by atoms with Crippen LogP contribution in [-0.2, 0) is 26.2 Å². The summed E-state index contributed by atoms with van der Waals surface area (Å²) in [6.45, 7) is 8.16. The van der Waals surface area contributed by atoms with Gasteiger partial charge in [-0.15, -0.1) is 0 Å². The monoisotopic (exact) mass is 718 g/mol. The SMILES string of the molecule is CC(C)(CNCCC(=O)N(CCNCCc1ccc(O)c2[nH]c(=O)sc12)C1CCCC1)c1ccccc1.O=C(C(=O)C(F)(F)F)C(F)(F)F. The molecule has 0 saturated heterocycles. The largest absolute Gasteiger partial charge is 0.506 e. The lowest BCUT2D eigenvalue weighted by Crippen LogP contribution is -2.44. The molecule has 0 atom stereocenters. The Morgan fingerprint density at radius 1 is 0.898 bits per heavy atom. The number of Topliss-reactive ketones (excluding diaryl/α,β-unsaturated/α-hetero) is 2. The number of phenols is 1. The Kier molecular flexibility index (Phi) is 14.0. The van der Waals surface area contributed by atoms with E-state index >= 15 is 0 Å². The van der Waals surface area contributed by atoms with Gasteiger partial charge in [0, 0.05) is 44.1 Å². The van der Waals surface area contributed by atoms with Crippen LogP contribution in [0.25, 0.3) is 10.2 Å². The number of hydrogen-bond donors (Lipinski definition) is 4. The third kappa shape index (κ3) is 11.7. The number of benzene rings is 2. The number of fused-ring (bicyclic) bond motifs is 1. The fourth-order valence-corrected chi connectivity index (χ4v) is 6.43. The number of rotatable bonds is 14. The molecule has 49 heavy (non-hydrogen) atoms. The molecule has 270 valence electrons. The van der Waals surface area contributed by atoms with Gasteiger partial charge in [-0.1, -0.05) is 74.4 Å². The maximum absolute atomic E-state index is 13.2. The van der Waals surface area contributed by atoms with Crippen LogP contribution in [0.3, 0.4) is 0 Å². The highest BCUT2D eigenvalue weighted by molar-refractivity contribution is 7.16. The third-order valence-electron chi connectivity index (χ3n) is 8.18. The van der Waals surface area contributed by atoms with Crippen LogP contribution in [-0.4, -0.2) is 83.6 Å². The zero-order chi connectivity index (χ0) is 36.4. The number of carbonyl (C=O) groups excluding carboxylic acids is 3. The highest BCUT2D eigenvalue weighted by atomic mass is 32.1. The first-order chi connectivity index (χ1) is 22.9. The van der Waals surface area contributed by atoms with Crippen molar-refractivity contribution in [2.45, 2.75) is 76.2 Å². The second-order valence-corrected chi connectivity index (χ2v) is 13.3. The van der Waals surface area contributed by atoms with Crippen LogP contribution in [0.1, 0.15) is 57.1 Å². The van der Waals surface area contributed by atoms with Gasteiger partial charge in [0.2, 0.25) is 5.91 Å². The number of H-pyrrole nitrogens is 1. The first-order valence-corrected chi connectivity index (χ1v) is 16.6. The molecule has 1 aliphatic carbocycles. The quantitative estimate of drug-likeness (QED) is 0.0997. The molecular weight excluding hydrogens is 678 g/mol. The van der Waals surface area contributed by atoms with Crippen LogP contribution < -0.4 is 15.5 Å². The molecule has 0 aliphatic heterocycles. The summed E-state index contributed by atoms with van der Waals surface area (Å²) in [5.41, 5.74) is 2.87. The van der Waals surface area contributed by atoms with E-state index < -0.39 is 23.9 Å². The normalized spacial score (nSPS) is 14.0. The lowest BCUT2D eigenvalue weighted by Gasteiger charge is -2.30. The van der Waals surface area contributed by atoms with Gasteiger partial charge in [-0.25, -0.2) is 0 Å². The number of nitrogens with zero attached hydrogens (tertiary/aromatic N) is 1. The number of halogens is 6. The summed E-state index contributed by atoms with van der Waals surface area (Å²) < 4.78 is 67.8. The minimum Gasteiger partial charge on any atom is -0.506 e. The summed E-state index contributed by atoms with van der Waals surface area (Å²) in [5.74, 6) is -6.48. The van der Waals surface area contributed by atoms with E-state index in [-0.39, 0.29) is 21.9 Å². The summed E-state index contributed by atoms with van der Waals surface area (Å²) in [6, 6.07) is 14.4. The van der Waals surface area contributed by atoms with Gasteiger partial charge in [0.1, 0.15) is 11.3 Å². The lowest BCUT2D eigenvalue weighted by molar-refractivity contribution is -0.193. The molecule has 16 heteroatoms. The molecule has 1 fully saturated rings. The highest BCUT2D eigenvalue weighted by Crippen LogP contribution is 2.28. The second kappa shape index (κ2) is 17.3. The van der Waals surface area contributed by atoms with E-state index in [1.807, 2.05) is 12.1 Å². The fraction of sp³-hybridized carbons (Fsp3) is 0.515. The van der Waals surface area contributed by atoms with Crippen LogP contribution in [0.5, 0.6) is 5.75 Å². The number of aromatic nitrogens is 1. The Hall–Kier alpha value is -3.76. The lowest BCUT2D eigenvalue weighted by atomic mass is 9.84. The molecule has 1 saturated carbocycles. The van der Waals surface area contributed by atoms with E-state index in [2.05, 4.69) is 58.6 Å². The zero-order valence-corrected chi connectivity index (χ0v) is 27.9. The average Bonchev–Trinajstić information content (AvgIpc) is 3.71. The molecule has 0 radical (unpaired) electrons. The predicted octanol–water partition coefficient (Wildman–Crippen LogP) is 5.41. The van der Waals surface area contributed by atoms with Crippen LogP contribution >= 0.6 is 11.3 Å². The van der Waals surface area contributed by atoms with E-state index in [1.54, 1.807) is 6.07 Å². The molecular formula is C33H40F6N4O5S. The molecule has 0 bridgehead atoms. The van der Waals surface area contributed by atoms with Crippen molar-refractivity contribution in [2.75, 3.05) is 32.7 Å². The van der Waals surface area contributed by atoms with Gasteiger partial charge in [-0.05, 0) is 43.0 Å². The Labute approximate surface area is 283 Å². The van der Waals surface area contributed by atoms with Crippen molar-refractivity contribution in [3.8, 4) is 5.75 Å². The van der Waals surface area contributed by atoms with Crippen molar-refractivity contribution in [1.82, 2.24) is 20.5 Å². The Balaban J connectivity index is 0.000000463. The molecule has 4 rings (SSSR count). The van der Waals surface area contributed by atoms with Crippen molar-refractivity contribution >= 4 is 39.0 Å². The number of ketones is 2. The molecule has 0 spiro atoms. The number of amides is 1. The maximum Gasteiger partial charge on any atom is 0.458 e. The van der Waals surface area contributed by atoms with Gasteiger partial charge < -0.3 is 25.6 Å². The predicted molar refractivity (Wildman–Crippen MR) is 174 cm³/mol. The molecule has 3 aromatic rings. The number of aromatic hydroxyl groups is 1. The third-order valence-corrected chi connectivity index (χ3v) is 9.14. The maximum atomic E-state index is 13.2. The van der Waals surface area contributed by atoms with Gasteiger partial charge in [-0.2, -0.15) is 26.3 Å².